The summed E-state index contributed by atoms with van der Waals surface area (Å²) in [5, 5.41) is 10.2. The molecular weight excluding hydrogens is 346 g/mol. The molecule has 19 heavy (non-hydrogen) atoms. The molecule has 0 aliphatic heterocycles. The highest BCUT2D eigenvalue weighted by molar-refractivity contribution is 9.10. The number of benzene rings is 1. The van der Waals surface area contributed by atoms with Gasteiger partial charge in [-0.25, -0.2) is 4.98 Å². The minimum absolute atomic E-state index is 0.588. The Kier molecular flexibility index (Phi) is 4.53. The van der Waals surface area contributed by atoms with Crippen molar-refractivity contribution in [1.82, 2.24) is 4.98 Å². The van der Waals surface area contributed by atoms with Crippen LogP contribution in [-0.4, -0.2) is 27.1 Å². The summed E-state index contributed by atoms with van der Waals surface area (Å²) in [6.45, 7) is 1.77. The first-order valence-corrected chi connectivity index (χ1v) is 8.61. The summed E-state index contributed by atoms with van der Waals surface area (Å²) in [7, 11) is 0. The molecule has 0 amide bonds. The van der Waals surface area contributed by atoms with Crippen molar-refractivity contribution in [3.8, 4) is 0 Å². The lowest BCUT2D eigenvalue weighted by molar-refractivity contribution is -0.139. The fourth-order valence-electron chi connectivity index (χ4n) is 1.69. The Hall–Kier alpha value is -0.590. The highest BCUT2D eigenvalue weighted by atomic mass is 79.9. The highest BCUT2D eigenvalue weighted by Crippen LogP contribution is 2.31. The van der Waals surface area contributed by atoms with E-state index >= 15 is 0 Å². The molecule has 2 rings (SSSR count). The van der Waals surface area contributed by atoms with E-state index in [1.165, 1.54) is 11.8 Å². The second kappa shape index (κ2) is 5.81. The number of thioether (sulfide) groups is 1. The first-order chi connectivity index (χ1) is 8.94. The van der Waals surface area contributed by atoms with Gasteiger partial charge in [0, 0.05) is 10.9 Å². The Morgan fingerprint density at radius 2 is 2.32 bits per heavy atom. The molecular formula is C13H14BrNO2S2. The number of nitrogens with zero attached hydrogens (tertiary/aromatic N) is 1. The number of aryl methyl sites for hydroxylation is 1. The smallest absolute Gasteiger partial charge is 0.319 e. The average Bonchev–Trinajstić information content (AvgIpc) is 2.77. The second-order valence-electron chi connectivity index (χ2n) is 4.46. The van der Waals surface area contributed by atoms with Crippen LogP contribution < -0.4 is 0 Å². The van der Waals surface area contributed by atoms with Crippen molar-refractivity contribution >= 4 is 55.2 Å². The van der Waals surface area contributed by atoms with Crippen LogP contribution in [0.5, 0.6) is 0 Å². The zero-order chi connectivity index (χ0) is 14.0. The molecule has 1 heterocycles. The van der Waals surface area contributed by atoms with Crippen LogP contribution >= 0.6 is 39.0 Å². The largest absolute Gasteiger partial charge is 0.480 e. The lowest BCUT2D eigenvalue weighted by Gasteiger charge is -2.21. The van der Waals surface area contributed by atoms with E-state index in [0.717, 1.165) is 19.7 Å². The number of carboxylic acid groups (broad SMARTS) is 1. The molecule has 0 spiro atoms. The van der Waals surface area contributed by atoms with Gasteiger partial charge in [-0.2, -0.15) is 0 Å². The molecule has 0 radical (unpaired) electrons. The Bertz CT molecular complexity index is 614. The standard InChI is InChI=1S/C13H14BrNO2S2/c1-13(18-2,12(16)17)6-5-11-15-9-4-3-8(14)7-10(9)19-11/h3-4,7H,5-6H2,1-2H3,(H,16,17). The van der Waals surface area contributed by atoms with Crippen LogP contribution in [0, 0.1) is 0 Å². The molecule has 0 aliphatic rings. The monoisotopic (exact) mass is 359 g/mol. The van der Waals surface area contributed by atoms with Gasteiger partial charge in [0.1, 0.15) is 4.75 Å². The lowest BCUT2D eigenvalue weighted by atomic mass is 10.1. The molecule has 0 aliphatic carbocycles. The van der Waals surface area contributed by atoms with Crippen LogP contribution in [0.25, 0.3) is 10.2 Å². The summed E-state index contributed by atoms with van der Waals surface area (Å²) in [5.41, 5.74) is 0.976. The fourth-order valence-corrected chi connectivity index (χ4v) is 3.69. The first-order valence-electron chi connectivity index (χ1n) is 5.78. The van der Waals surface area contributed by atoms with Crippen molar-refractivity contribution in [2.75, 3.05) is 6.26 Å². The predicted octanol–water partition coefficient (Wildman–Crippen LogP) is 4.20. The Balaban J connectivity index is 2.16. The number of hydrogen-bond acceptors (Lipinski definition) is 4. The zero-order valence-corrected chi connectivity index (χ0v) is 13.9. The van der Waals surface area contributed by atoms with Crippen LogP contribution in [0.4, 0.5) is 0 Å². The van der Waals surface area contributed by atoms with Gasteiger partial charge in [-0.1, -0.05) is 15.9 Å². The van der Waals surface area contributed by atoms with E-state index in [2.05, 4.69) is 20.9 Å². The molecule has 0 saturated carbocycles. The molecule has 1 aromatic heterocycles. The minimum Gasteiger partial charge on any atom is -0.480 e. The maximum atomic E-state index is 11.2. The zero-order valence-electron chi connectivity index (χ0n) is 10.6. The van der Waals surface area contributed by atoms with E-state index in [9.17, 15) is 9.90 Å². The van der Waals surface area contributed by atoms with Crippen molar-refractivity contribution < 1.29 is 9.90 Å². The van der Waals surface area contributed by atoms with Gasteiger partial charge in [0.15, 0.2) is 0 Å². The van der Waals surface area contributed by atoms with Gasteiger partial charge in [-0.05, 0) is 37.8 Å². The van der Waals surface area contributed by atoms with Crippen LogP contribution in [0.15, 0.2) is 22.7 Å². The molecule has 1 aromatic carbocycles. The number of aromatic nitrogens is 1. The Morgan fingerprint density at radius 3 is 2.95 bits per heavy atom. The van der Waals surface area contributed by atoms with Gasteiger partial charge in [0.25, 0.3) is 0 Å². The molecule has 6 heteroatoms. The molecule has 2 aromatic rings. The fraction of sp³-hybridized carbons (Fsp3) is 0.385. The van der Waals surface area contributed by atoms with Crippen molar-refractivity contribution in [2.45, 2.75) is 24.5 Å². The van der Waals surface area contributed by atoms with E-state index in [0.29, 0.717) is 12.8 Å². The number of aliphatic carboxylic acids is 1. The molecule has 1 unspecified atom stereocenters. The second-order valence-corrected chi connectivity index (χ2v) is 7.80. The molecule has 0 saturated heterocycles. The van der Waals surface area contributed by atoms with E-state index in [-0.39, 0.29) is 0 Å². The summed E-state index contributed by atoms with van der Waals surface area (Å²) >= 11 is 6.45. The number of carbonyl (C=O) groups is 1. The lowest BCUT2D eigenvalue weighted by Crippen LogP contribution is -2.31. The molecule has 102 valence electrons. The maximum Gasteiger partial charge on any atom is 0.319 e. The van der Waals surface area contributed by atoms with E-state index < -0.39 is 10.7 Å². The van der Waals surface area contributed by atoms with Gasteiger partial charge in [-0.15, -0.1) is 23.1 Å². The predicted molar refractivity (Wildman–Crippen MR) is 85.2 cm³/mol. The molecule has 0 fully saturated rings. The number of carboxylic acids is 1. The first kappa shape index (κ1) is 14.8. The molecule has 3 nitrogen and oxygen atoms in total. The van der Waals surface area contributed by atoms with Crippen molar-refractivity contribution in [3.05, 3.63) is 27.7 Å². The summed E-state index contributed by atoms with van der Waals surface area (Å²) in [6.07, 6.45) is 3.12. The average molecular weight is 360 g/mol. The number of rotatable bonds is 5. The SMILES string of the molecule is CSC(C)(CCc1nc2ccc(Br)cc2s1)C(=O)O. The number of hydrogen-bond donors (Lipinski definition) is 1. The van der Waals surface area contributed by atoms with E-state index in [1.54, 1.807) is 18.3 Å². The number of fused-ring (bicyclic) bond motifs is 1. The number of halogens is 1. The molecule has 0 bridgehead atoms. The van der Waals surface area contributed by atoms with Crippen molar-refractivity contribution in [1.29, 1.82) is 0 Å². The summed E-state index contributed by atoms with van der Waals surface area (Å²) in [5.74, 6) is -0.760. The normalized spacial score (nSPS) is 14.5. The molecule has 1 atom stereocenters. The maximum absolute atomic E-state index is 11.2. The highest BCUT2D eigenvalue weighted by Gasteiger charge is 2.31. The third-order valence-corrected chi connectivity index (χ3v) is 5.96. The number of thiazole rings is 1. The van der Waals surface area contributed by atoms with Crippen molar-refractivity contribution in [3.63, 3.8) is 0 Å². The summed E-state index contributed by atoms with van der Waals surface area (Å²) < 4.78 is 1.43. The van der Waals surface area contributed by atoms with Crippen molar-refractivity contribution in [2.24, 2.45) is 0 Å². The quantitative estimate of drug-likeness (QED) is 0.868. The third kappa shape index (κ3) is 3.30. The van der Waals surface area contributed by atoms with Crippen LogP contribution in [0.3, 0.4) is 0 Å². The van der Waals surface area contributed by atoms with Crippen LogP contribution in [0.1, 0.15) is 18.4 Å². The van der Waals surface area contributed by atoms with Crippen LogP contribution in [-0.2, 0) is 11.2 Å². The van der Waals surface area contributed by atoms with Gasteiger partial charge in [0.2, 0.25) is 0 Å². The minimum atomic E-state index is -0.760. The third-order valence-electron chi connectivity index (χ3n) is 3.11. The topological polar surface area (TPSA) is 50.2 Å². The van der Waals surface area contributed by atoms with Gasteiger partial charge >= 0.3 is 5.97 Å². The van der Waals surface area contributed by atoms with E-state index in [4.69, 9.17) is 0 Å². The van der Waals surface area contributed by atoms with Gasteiger partial charge in [-0.3, -0.25) is 4.79 Å². The Morgan fingerprint density at radius 1 is 1.58 bits per heavy atom. The summed E-state index contributed by atoms with van der Waals surface area (Å²) in [4.78, 5) is 15.8. The van der Waals surface area contributed by atoms with Crippen LogP contribution in [0.2, 0.25) is 0 Å². The van der Waals surface area contributed by atoms with Gasteiger partial charge in [0.05, 0.1) is 15.2 Å². The molecule has 1 N–H and O–H groups in total. The Labute approximate surface area is 128 Å². The van der Waals surface area contributed by atoms with Gasteiger partial charge < -0.3 is 5.11 Å². The summed E-state index contributed by atoms with van der Waals surface area (Å²) in [6, 6.07) is 5.99. The van der Waals surface area contributed by atoms with E-state index in [1.807, 2.05) is 24.5 Å².